The fourth-order valence-corrected chi connectivity index (χ4v) is 6.05. The first kappa shape index (κ1) is 29.4. The topological polar surface area (TPSA) is 203 Å². The number of ether oxygens (including phenoxy) is 2. The van der Waals surface area contributed by atoms with Gasteiger partial charge in [-0.3, -0.25) is 19.2 Å². The average molecular weight is 606 g/mol. The predicted octanol–water partition coefficient (Wildman–Crippen LogP) is 2.29. The molecular formula is C29H27N5O8S. The molecule has 43 heavy (non-hydrogen) atoms. The van der Waals surface area contributed by atoms with Gasteiger partial charge in [-0.2, -0.15) is 0 Å². The number of rotatable bonds is 6. The first-order valence-electron chi connectivity index (χ1n) is 13.2. The van der Waals surface area contributed by atoms with Gasteiger partial charge in [0.25, 0.3) is 17.4 Å². The molecule has 2 aromatic heterocycles. The summed E-state index contributed by atoms with van der Waals surface area (Å²) in [5.74, 6) is -2.42. The summed E-state index contributed by atoms with van der Waals surface area (Å²) < 4.78 is 9.84. The molecule has 14 heteroatoms. The van der Waals surface area contributed by atoms with Crippen LogP contribution in [0.15, 0.2) is 47.3 Å². The Morgan fingerprint density at radius 3 is 2.60 bits per heavy atom. The van der Waals surface area contributed by atoms with E-state index < -0.39 is 23.4 Å². The summed E-state index contributed by atoms with van der Waals surface area (Å²) in [7, 11) is 1.36. The Hall–Kier alpha value is -5.08. The van der Waals surface area contributed by atoms with E-state index in [1.54, 1.807) is 30.3 Å². The normalized spacial score (nSPS) is 14.8. The van der Waals surface area contributed by atoms with Crippen LogP contribution in [0.4, 0.5) is 5.69 Å². The molecule has 222 valence electrons. The van der Waals surface area contributed by atoms with Crippen molar-refractivity contribution in [2.45, 2.75) is 31.8 Å². The van der Waals surface area contributed by atoms with Crippen LogP contribution < -0.4 is 26.7 Å². The number of thiophene rings is 1. The zero-order valence-corrected chi connectivity index (χ0v) is 23.7. The molecule has 2 aromatic carbocycles. The van der Waals surface area contributed by atoms with Gasteiger partial charge < -0.3 is 35.9 Å². The number of nitrogens with two attached hydrogens (primary N) is 1. The molecule has 0 bridgehead atoms. The number of nitrogens with zero attached hydrogens (tertiary/aromatic N) is 1. The second-order valence-corrected chi connectivity index (χ2v) is 10.8. The van der Waals surface area contributed by atoms with E-state index in [-0.39, 0.29) is 36.2 Å². The number of carboxylic acid groups (broad SMARTS) is 1. The Balaban J connectivity index is 0.000000259. The molecule has 4 aromatic rings. The number of amides is 2. The van der Waals surface area contributed by atoms with Crippen molar-refractivity contribution in [1.82, 2.24) is 15.3 Å². The molecule has 2 aliphatic rings. The molecule has 1 aliphatic carbocycles. The number of hydrogen-bond acceptors (Lipinski definition) is 10. The number of methoxy groups -OCH3 is 1. The number of carbonyl (C=O) groups excluding carboxylic acids is 3. The monoisotopic (exact) mass is 605 g/mol. The van der Waals surface area contributed by atoms with Crippen LogP contribution in [0.1, 0.15) is 54.9 Å². The number of anilines is 1. The van der Waals surface area contributed by atoms with Gasteiger partial charge in [-0.05, 0) is 53.8 Å². The van der Waals surface area contributed by atoms with Gasteiger partial charge in [-0.15, -0.1) is 11.3 Å². The second-order valence-electron chi connectivity index (χ2n) is 9.71. The third-order valence-corrected chi connectivity index (χ3v) is 8.10. The quantitative estimate of drug-likeness (QED) is 0.203. The summed E-state index contributed by atoms with van der Waals surface area (Å²) in [6.07, 6.45) is 1.03. The van der Waals surface area contributed by atoms with Crippen molar-refractivity contribution in [3.05, 3.63) is 85.8 Å². The summed E-state index contributed by atoms with van der Waals surface area (Å²) in [6.45, 7) is 0.594. The van der Waals surface area contributed by atoms with Gasteiger partial charge in [0.2, 0.25) is 5.82 Å². The van der Waals surface area contributed by atoms with E-state index in [1.165, 1.54) is 18.4 Å². The lowest BCUT2D eigenvalue weighted by molar-refractivity contribution is -0.138. The van der Waals surface area contributed by atoms with E-state index in [0.29, 0.717) is 46.8 Å². The van der Waals surface area contributed by atoms with Crippen molar-refractivity contribution in [1.29, 1.82) is 0 Å². The molecule has 1 aliphatic heterocycles. The van der Waals surface area contributed by atoms with Crippen LogP contribution in [-0.4, -0.2) is 52.5 Å². The molecular weight excluding hydrogens is 578 g/mol. The highest BCUT2D eigenvalue weighted by Gasteiger charge is 2.34. The Morgan fingerprint density at radius 2 is 1.91 bits per heavy atom. The number of fused-ring (bicyclic) bond motifs is 4. The van der Waals surface area contributed by atoms with Crippen molar-refractivity contribution in [3.8, 4) is 5.75 Å². The number of carboxylic acids is 1. The van der Waals surface area contributed by atoms with E-state index >= 15 is 0 Å². The number of esters is 1. The van der Waals surface area contributed by atoms with Crippen molar-refractivity contribution >= 4 is 51.0 Å². The minimum absolute atomic E-state index is 0.0377. The number of aliphatic carboxylic acids is 1. The van der Waals surface area contributed by atoms with Gasteiger partial charge in [0.15, 0.2) is 6.61 Å². The minimum atomic E-state index is -0.966. The van der Waals surface area contributed by atoms with Gasteiger partial charge in [-0.1, -0.05) is 18.2 Å². The van der Waals surface area contributed by atoms with Gasteiger partial charge >= 0.3 is 11.9 Å². The zero-order valence-electron chi connectivity index (χ0n) is 22.9. The van der Waals surface area contributed by atoms with Crippen LogP contribution in [-0.2, 0) is 33.8 Å². The molecule has 6 rings (SSSR count). The molecule has 0 saturated heterocycles. The van der Waals surface area contributed by atoms with E-state index in [2.05, 4.69) is 25.3 Å². The third kappa shape index (κ3) is 6.24. The molecule has 1 atom stereocenters. The predicted molar refractivity (Wildman–Crippen MR) is 156 cm³/mol. The fraction of sp³-hybridized carbons (Fsp3) is 0.241. The highest BCUT2D eigenvalue weighted by molar-refractivity contribution is 7.18. The highest BCUT2D eigenvalue weighted by atomic mass is 32.1. The van der Waals surface area contributed by atoms with Crippen molar-refractivity contribution < 1.29 is 33.8 Å². The lowest BCUT2D eigenvalue weighted by Gasteiger charge is -2.18. The maximum absolute atomic E-state index is 12.6. The molecule has 0 spiro atoms. The molecule has 3 heterocycles. The summed E-state index contributed by atoms with van der Waals surface area (Å²) in [5, 5.41) is 15.1. The second kappa shape index (κ2) is 12.4. The number of H-pyrrole nitrogens is 1. The van der Waals surface area contributed by atoms with Crippen LogP contribution in [0.2, 0.25) is 0 Å². The van der Waals surface area contributed by atoms with Gasteiger partial charge in [0.05, 0.1) is 29.7 Å². The molecule has 1 unspecified atom stereocenters. The maximum Gasteiger partial charge on any atom is 0.337 e. The maximum atomic E-state index is 12.6. The number of hydrogen-bond donors (Lipinski definition) is 5. The van der Waals surface area contributed by atoms with Crippen LogP contribution in [0, 0.1) is 0 Å². The molecule has 6 N–H and O–H groups in total. The third-order valence-electron chi connectivity index (χ3n) is 6.94. The van der Waals surface area contributed by atoms with Crippen LogP contribution in [0.3, 0.4) is 0 Å². The first-order valence-corrected chi connectivity index (χ1v) is 14.0. The van der Waals surface area contributed by atoms with E-state index in [9.17, 15) is 29.1 Å². The molecule has 0 radical (unpaired) electrons. The fourth-order valence-electron chi connectivity index (χ4n) is 4.80. The number of nitrogens with one attached hydrogen (secondary N) is 3. The summed E-state index contributed by atoms with van der Waals surface area (Å²) in [6, 6.07) is 12.2. The SMILES string of the molecule is COC(=O)c1ccc(CN)cc1.O=C1COc2ccc(CNC(=O)c3nc4sc5c(c4c(=O)[nH]3)C(C(=O)O)CC5)cc2N1. The van der Waals surface area contributed by atoms with Gasteiger partial charge in [0.1, 0.15) is 10.6 Å². The minimum Gasteiger partial charge on any atom is -0.482 e. The Labute approximate surface area is 248 Å². The van der Waals surface area contributed by atoms with Crippen LogP contribution in [0.25, 0.3) is 10.2 Å². The van der Waals surface area contributed by atoms with Gasteiger partial charge in [0, 0.05) is 18.0 Å². The van der Waals surface area contributed by atoms with E-state index in [4.69, 9.17) is 10.5 Å². The van der Waals surface area contributed by atoms with Gasteiger partial charge in [-0.25, -0.2) is 9.78 Å². The molecule has 0 fully saturated rings. The van der Waals surface area contributed by atoms with E-state index in [0.717, 1.165) is 16.0 Å². The zero-order chi connectivity index (χ0) is 30.7. The number of aromatic amines is 1. The summed E-state index contributed by atoms with van der Waals surface area (Å²) in [5.41, 5.74) is 8.19. The Morgan fingerprint density at radius 1 is 1.16 bits per heavy atom. The van der Waals surface area contributed by atoms with Crippen molar-refractivity contribution in [2.75, 3.05) is 19.0 Å². The Bertz CT molecular complexity index is 1800. The number of benzene rings is 2. The molecule has 2 amide bonds. The standard InChI is InChI=1S/C20H16N4O6S.C9H11NO2/c25-13-7-30-11-3-1-8(5-10(11)22-13)6-21-18(27)16-23-17(26)15-14-9(20(28)29)2-4-12(14)31-19(15)24-16;1-12-9(11)8-4-2-7(6-10)3-5-8/h1,3,5,9H,2,4,6-7H2,(H,21,27)(H,22,25)(H,28,29)(H,23,24,26);2-5H,6,10H2,1H3. The smallest absolute Gasteiger partial charge is 0.337 e. The Kier molecular flexibility index (Phi) is 8.50. The van der Waals surface area contributed by atoms with Crippen LogP contribution >= 0.6 is 11.3 Å². The van der Waals surface area contributed by atoms with E-state index in [1.807, 2.05) is 12.1 Å². The first-order chi connectivity index (χ1) is 20.7. The van der Waals surface area contributed by atoms with Crippen LogP contribution in [0.5, 0.6) is 5.75 Å². The van der Waals surface area contributed by atoms with Crippen molar-refractivity contribution in [2.24, 2.45) is 5.73 Å². The lowest BCUT2D eigenvalue weighted by Crippen LogP contribution is -2.28. The highest BCUT2D eigenvalue weighted by Crippen LogP contribution is 2.42. The molecule has 13 nitrogen and oxygen atoms in total. The lowest BCUT2D eigenvalue weighted by atomic mass is 10.0. The number of carbonyl (C=O) groups is 4. The number of aromatic nitrogens is 2. The average Bonchev–Trinajstić information content (AvgIpc) is 3.59. The largest absolute Gasteiger partial charge is 0.482 e. The molecule has 0 saturated carbocycles. The summed E-state index contributed by atoms with van der Waals surface area (Å²) in [4.78, 5) is 67.1. The number of aryl methyl sites for hydroxylation is 1. The summed E-state index contributed by atoms with van der Waals surface area (Å²) >= 11 is 1.25. The van der Waals surface area contributed by atoms with Crippen molar-refractivity contribution in [3.63, 3.8) is 0 Å².